The Kier molecular flexibility index (Phi) is 9.46. The van der Waals surface area contributed by atoms with Crippen molar-refractivity contribution >= 4 is 17.4 Å². The molecule has 1 aliphatic heterocycles. The Morgan fingerprint density at radius 3 is 1.97 bits per heavy atom. The van der Waals surface area contributed by atoms with Gasteiger partial charge in [-0.25, -0.2) is 0 Å². The number of ketones is 1. The summed E-state index contributed by atoms with van der Waals surface area (Å²) in [6.07, 6.45) is 0. The van der Waals surface area contributed by atoms with Crippen molar-refractivity contribution < 1.29 is 38.4 Å². The highest BCUT2D eigenvalue weighted by Crippen LogP contribution is 2.46. The van der Waals surface area contributed by atoms with Crippen LogP contribution in [-0.2, 0) is 9.59 Å². The summed E-state index contributed by atoms with van der Waals surface area (Å²) in [6, 6.07) is 7.30. The predicted octanol–water partition coefficient (Wildman–Crippen LogP) is 3.49. The van der Waals surface area contributed by atoms with Crippen molar-refractivity contribution in [3.8, 4) is 28.7 Å². The van der Waals surface area contributed by atoms with Crippen molar-refractivity contribution in [3.63, 3.8) is 0 Å². The van der Waals surface area contributed by atoms with Crippen LogP contribution in [0.1, 0.15) is 31.0 Å². The van der Waals surface area contributed by atoms with Crippen LogP contribution in [0.3, 0.4) is 0 Å². The molecule has 0 aliphatic carbocycles. The van der Waals surface area contributed by atoms with Crippen LogP contribution in [0.4, 0.5) is 0 Å². The highest BCUT2D eigenvalue weighted by molar-refractivity contribution is 6.46. The van der Waals surface area contributed by atoms with Gasteiger partial charge in [0.15, 0.2) is 11.5 Å². The number of rotatable bonds is 12. The Hall–Kier alpha value is -3.92. The van der Waals surface area contributed by atoms with Gasteiger partial charge in [0.05, 0.1) is 52.7 Å². The molecule has 3 rings (SSSR count). The van der Waals surface area contributed by atoms with E-state index in [1.807, 2.05) is 13.8 Å². The lowest BCUT2D eigenvalue weighted by Crippen LogP contribution is -2.38. The van der Waals surface area contributed by atoms with E-state index in [1.54, 1.807) is 30.3 Å². The number of hydrogen-bond acceptors (Lipinski definition) is 9. The van der Waals surface area contributed by atoms with Crippen LogP contribution < -0.4 is 23.7 Å². The van der Waals surface area contributed by atoms with Crippen LogP contribution in [-0.4, -0.2) is 88.3 Å². The largest absolute Gasteiger partial charge is 0.507 e. The second-order valence-electron chi connectivity index (χ2n) is 8.54. The van der Waals surface area contributed by atoms with Crippen LogP contribution in [0, 0.1) is 0 Å². The first-order chi connectivity index (χ1) is 18.3. The van der Waals surface area contributed by atoms with Gasteiger partial charge in [0.25, 0.3) is 11.7 Å². The van der Waals surface area contributed by atoms with E-state index < -0.39 is 17.7 Å². The number of likely N-dealkylation sites (tertiary alicyclic amines) is 1. The van der Waals surface area contributed by atoms with Gasteiger partial charge in [0.1, 0.15) is 17.3 Å². The molecule has 1 saturated heterocycles. The number of aliphatic hydroxyl groups is 1. The molecule has 1 heterocycles. The summed E-state index contributed by atoms with van der Waals surface area (Å²) in [4.78, 5) is 30.5. The fourth-order valence-corrected chi connectivity index (χ4v) is 4.65. The van der Waals surface area contributed by atoms with E-state index in [9.17, 15) is 14.7 Å². The Morgan fingerprint density at radius 1 is 0.868 bits per heavy atom. The van der Waals surface area contributed by atoms with Crippen LogP contribution in [0.5, 0.6) is 28.7 Å². The predicted molar refractivity (Wildman–Crippen MR) is 142 cm³/mol. The molecule has 0 aromatic heterocycles. The number of likely N-dealkylation sites (N-methyl/N-ethyl adjacent to an activating group) is 1. The Labute approximate surface area is 223 Å². The molecule has 1 atom stereocenters. The normalized spacial score (nSPS) is 16.6. The average molecular weight is 529 g/mol. The summed E-state index contributed by atoms with van der Waals surface area (Å²) in [5.74, 6) is -0.0273. The first-order valence-electron chi connectivity index (χ1n) is 12.3. The molecule has 38 heavy (non-hydrogen) atoms. The van der Waals surface area contributed by atoms with E-state index in [0.29, 0.717) is 40.9 Å². The quantitative estimate of drug-likeness (QED) is 0.252. The molecule has 0 spiro atoms. The molecule has 1 N–H and O–H groups in total. The lowest BCUT2D eigenvalue weighted by molar-refractivity contribution is -0.140. The minimum atomic E-state index is -0.921. The van der Waals surface area contributed by atoms with Crippen LogP contribution >= 0.6 is 0 Å². The SMILES string of the molecule is CCN(CC)CCN1C(=O)C(=O)/C(=C(/O)c2cc(OC)ccc2OC)C1c1cc(OC)c(OC)c(OC)c1. The Morgan fingerprint density at radius 2 is 1.47 bits per heavy atom. The van der Waals surface area contributed by atoms with Gasteiger partial charge in [-0.05, 0) is 49.0 Å². The number of hydrogen-bond donors (Lipinski definition) is 1. The third kappa shape index (κ3) is 5.35. The van der Waals surface area contributed by atoms with Crippen LogP contribution in [0.25, 0.3) is 5.76 Å². The first-order valence-corrected chi connectivity index (χ1v) is 12.3. The maximum absolute atomic E-state index is 13.5. The highest BCUT2D eigenvalue weighted by atomic mass is 16.5. The van der Waals surface area contributed by atoms with Crippen molar-refractivity contribution in [3.05, 3.63) is 47.0 Å². The van der Waals surface area contributed by atoms with Gasteiger partial charge in [0.2, 0.25) is 5.75 Å². The molecule has 1 amide bonds. The number of ether oxygens (including phenoxy) is 5. The molecule has 206 valence electrons. The van der Waals surface area contributed by atoms with E-state index in [-0.39, 0.29) is 23.4 Å². The highest BCUT2D eigenvalue weighted by Gasteiger charge is 2.46. The molecule has 0 bridgehead atoms. The van der Waals surface area contributed by atoms with Gasteiger partial charge in [-0.2, -0.15) is 0 Å². The minimum absolute atomic E-state index is 0.0737. The van der Waals surface area contributed by atoms with Crippen molar-refractivity contribution in [2.75, 3.05) is 61.7 Å². The van der Waals surface area contributed by atoms with Gasteiger partial charge in [-0.15, -0.1) is 0 Å². The van der Waals surface area contributed by atoms with E-state index in [2.05, 4.69) is 4.90 Å². The fourth-order valence-electron chi connectivity index (χ4n) is 4.65. The number of carbonyl (C=O) groups excluding carboxylic acids is 2. The van der Waals surface area contributed by atoms with Crippen LogP contribution in [0.15, 0.2) is 35.9 Å². The van der Waals surface area contributed by atoms with E-state index in [4.69, 9.17) is 23.7 Å². The third-order valence-electron chi connectivity index (χ3n) is 6.76. The number of benzene rings is 2. The molecular formula is C28H36N2O8. The van der Waals surface area contributed by atoms with Gasteiger partial charge < -0.3 is 38.6 Å². The monoisotopic (exact) mass is 528 g/mol. The Bertz CT molecular complexity index is 1180. The molecule has 1 fully saturated rings. The summed E-state index contributed by atoms with van der Waals surface area (Å²) in [5, 5.41) is 11.6. The number of aliphatic hydroxyl groups excluding tert-OH is 1. The molecule has 0 saturated carbocycles. The molecular weight excluding hydrogens is 492 g/mol. The van der Waals surface area contributed by atoms with Crippen molar-refractivity contribution in [2.24, 2.45) is 0 Å². The fraction of sp³-hybridized carbons (Fsp3) is 0.429. The van der Waals surface area contributed by atoms with E-state index >= 15 is 0 Å². The summed E-state index contributed by atoms with van der Waals surface area (Å²) >= 11 is 0. The van der Waals surface area contributed by atoms with Gasteiger partial charge in [-0.3, -0.25) is 9.59 Å². The average Bonchev–Trinajstić information content (AvgIpc) is 3.20. The standard InChI is InChI=1S/C28H36N2O8/c1-8-29(9-2)12-13-30-24(17-14-21(36-5)27(38-7)22(15-17)37-6)23(26(32)28(30)33)25(31)19-16-18(34-3)10-11-20(19)35-4/h10-11,14-16,24,31H,8-9,12-13H2,1-7H3/b25-23+. The van der Waals surface area contributed by atoms with Crippen molar-refractivity contribution in [1.29, 1.82) is 0 Å². The van der Waals surface area contributed by atoms with Crippen molar-refractivity contribution in [1.82, 2.24) is 9.80 Å². The van der Waals surface area contributed by atoms with Crippen LogP contribution in [0.2, 0.25) is 0 Å². The molecule has 0 radical (unpaired) electrons. The lowest BCUT2D eigenvalue weighted by Gasteiger charge is -2.29. The first kappa shape index (κ1) is 28.6. The minimum Gasteiger partial charge on any atom is -0.507 e. The molecule has 1 unspecified atom stereocenters. The molecule has 2 aromatic carbocycles. The number of Topliss-reactive ketones (excluding diaryl/α,β-unsaturated/α-hetero) is 1. The maximum atomic E-state index is 13.5. The summed E-state index contributed by atoms with van der Waals surface area (Å²) < 4.78 is 27.3. The zero-order chi connectivity index (χ0) is 28.0. The zero-order valence-corrected chi connectivity index (χ0v) is 23.0. The second kappa shape index (κ2) is 12.6. The van der Waals surface area contributed by atoms with Gasteiger partial charge in [-0.1, -0.05) is 13.8 Å². The van der Waals surface area contributed by atoms with E-state index in [0.717, 1.165) is 13.1 Å². The maximum Gasteiger partial charge on any atom is 0.295 e. The number of amides is 1. The molecule has 10 heteroatoms. The summed E-state index contributed by atoms with van der Waals surface area (Å²) in [5.41, 5.74) is 0.670. The van der Waals surface area contributed by atoms with Crippen molar-refractivity contribution in [2.45, 2.75) is 19.9 Å². The number of carbonyl (C=O) groups is 2. The van der Waals surface area contributed by atoms with Gasteiger partial charge >= 0.3 is 0 Å². The third-order valence-corrected chi connectivity index (χ3v) is 6.76. The second-order valence-corrected chi connectivity index (χ2v) is 8.54. The topological polar surface area (TPSA) is 107 Å². The summed E-state index contributed by atoms with van der Waals surface area (Å²) in [6.45, 7) is 6.45. The Balaban J connectivity index is 2.29. The lowest BCUT2D eigenvalue weighted by atomic mass is 9.94. The number of methoxy groups -OCH3 is 5. The number of nitrogens with zero attached hydrogens (tertiary/aromatic N) is 2. The van der Waals surface area contributed by atoms with Gasteiger partial charge in [0, 0.05) is 13.1 Å². The molecule has 10 nitrogen and oxygen atoms in total. The molecule has 2 aromatic rings. The zero-order valence-electron chi connectivity index (χ0n) is 23.0. The van der Waals surface area contributed by atoms with E-state index in [1.165, 1.54) is 40.4 Å². The molecule has 1 aliphatic rings. The smallest absolute Gasteiger partial charge is 0.295 e. The summed E-state index contributed by atoms with van der Waals surface area (Å²) in [7, 11) is 7.41.